The third-order valence-corrected chi connectivity index (χ3v) is 11.1. The molecule has 0 amide bonds. The second-order valence-electron chi connectivity index (χ2n) is 12.9. The van der Waals surface area contributed by atoms with Crippen molar-refractivity contribution in [3.63, 3.8) is 0 Å². The van der Waals surface area contributed by atoms with Gasteiger partial charge in [-0.15, -0.1) is 11.3 Å². The highest BCUT2D eigenvalue weighted by molar-refractivity contribution is 7.26. The van der Waals surface area contributed by atoms with E-state index in [1.807, 2.05) is 0 Å². The zero-order valence-corrected chi connectivity index (χ0v) is 28.0. The van der Waals surface area contributed by atoms with Gasteiger partial charge in [0.2, 0.25) is 0 Å². The molecule has 0 spiro atoms. The van der Waals surface area contributed by atoms with Gasteiger partial charge in [-0.2, -0.15) is 0 Å². The molecule has 1 atom stereocenters. The van der Waals surface area contributed by atoms with E-state index in [1.165, 1.54) is 43.0 Å². The van der Waals surface area contributed by atoms with Gasteiger partial charge in [0.15, 0.2) is 5.82 Å². The highest BCUT2D eigenvalue weighted by atomic mass is 32.1. The van der Waals surface area contributed by atoms with Crippen molar-refractivity contribution < 1.29 is 0 Å². The smallest absolute Gasteiger partial charge is 0.160 e. The largest absolute Gasteiger partial charge is 0.309 e. The molecular weight excluding hydrogens is 627 g/mol. The molecule has 0 aliphatic heterocycles. The fourth-order valence-electron chi connectivity index (χ4n) is 7.56. The second kappa shape index (κ2) is 11.8. The fraction of sp³-hybridized carbons (Fsp3) is 0.0435. The number of aromatic nitrogens is 3. The number of benzene rings is 6. The van der Waals surface area contributed by atoms with Crippen LogP contribution in [0.4, 0.5) is 0 Å². The predicted molar refractivity (Wildman–Crippen MR) is 211 cm³/mol. The summed E-state index contributed by atoms with van der Waals surface area (Å²) in [6.07, 6.45) is 9.92. The van der Waals surface area contributed by atoms with E-state index in [9.17, 15) is 0 Å². The molecule has 0 N–H and O–H groups in total. The molecule has 10 rings (SSSR count). The number of hydrogen-bond donors (Lipinski definition) is 0. The van der Waals surface area contributed by atoms with Crippen molar-refractivity contribution in [3.05, 3.63) is 175 Å². The highest BCUT2D eigenvalue weighted by Crippen LogP contribution is 2.42. The molecule has 6 aromatic carbocycles. The monoisotopic (exact) mass is 657 g/mol. The summed E-state index contributed by atoms with van der Waals surface area (Å²) in [5.41, 5.74) is 11.3. The molecule has 4 heteroatoms. The van der Waals surface area contributed by atoms with Gasteiger partial charge in [-0.3, -0.25) is 0 Å². The quantitative estimate of drug-likeness (QED) is 0.184. The van der Waals surface area contributed by atoms with Crippen LogP contribution >= 0.6 is 11.3 Å². The Balaban J connectivity index is 1.19. The summed E-state index contributed by atoms with van der Waals surface area (Å²) in [5, 5.41) is 3.69. The number of allylic oxidation sites excluding steroid dienone is 4. The Labute approximate surface area is 294 Å². The van der Waals surface area contributed by atoms with E-state index in [2.05, 4.69) is 174 Å². The summed E-state index contributed by atoms with van der Waals surface area (Å²) in [5.74, 6) is 1.12. The average molecular weight is 658 g/mol. The van der Waals surface area contributed by atoms with Gasteiger partial charge < -0.3 is 4.57 Å². The Hall–Kier alpha value is -6.10. The first-order valence-electron chi connectivity index (χ1n) is 17.1. The number of thiophene rings is 1. The van der Waals surface area contributed by atoms with Gasteiger partial charge in [-0.05, 0) is 53.9 Å². The molecular formula is C46H31N3S. The fourth-order valence-corrected chi connectivity index (χ4v) is 8.71. The minimum Gasteiger partial charge on any atom is -0.309 e. The van der Waals surface area contributed by atoms with Crippen molar-refractivity contribution in [2.75, 3.05) is 0 Å². The predicted octanol–water partition coefficient (Wildman–Crippen LogP) is 12.5. The summed E-state index contributed by atoms with van der Waals surface area (Å²) in [6.45, 7) is 0. The van der Waals surface area contributed by atoms with Crippen LogP contribution in [0.15, 0.2) is 170 Å². The maximum absolute atomic E-state index is 5.27. The van der Waals surface area contributed by atoms with Crippen molar-refractivity contribution >= 4 is 53.4 Å². The van der Waals surface area contributed by atoms with E-state index in [-0.39, 0.29) is 0 Å². The van der Waals surface area contributed by atoms with Crippen LogP contribution in [0.1, 0.15) is 17.9 Å². The lowest BCUT2D eigenvalue weighted by molar-refractivity contribution is 0.855. The van der Waals surface area contributed by atoms with Gasteiger partial charge >= 0.3 is 0 Å². The number of rotatable bonds is 5. The number of para-hydroxylation sites is 2. The lowest BCUT2D eigenvalue weighted by atomic mass is 9.91. The Bertz CT molecular complexity index is 2790. The number of fused-ring (bicyclic) bond motifs is 6. The first-order chi connectivity index (χ1) is 24.8. The Morgan fingerprint density at radius 2 is 1.36 bits per heavy atom. The van der Waals surface area contributed by atoms with E-state index in [0.717, 1.165) is 50.5 Å². The summed E-state index contributed by atoms with van der Waals surface area (Å²) in [6, 6.07) is 52.3. The van der Waals surface area contributed by atoms with Crippen molar-refractivity contribution in [2.45, 2.75) is 12.3 Å². The van der Waals surface area contributed by atoms with Crippen LogP contribution < -0.4 is 0 Å². The average Bonchev–Trinajstić information content (AvgIpc) is 3.74. The third-order valence-electron chi connectivity index (χ3n) is 9.93. The standard InChI is InChI=1S/C46H31N3S/c1-4-14-30(15-5-1)32-26-27-40-39(29-32)37-24-13-23-36(44(37)49(40)35-20-8-3-9-21-35)33-18-12-19-34(28-33)46-47-42(31-16-6-2-7-17-31)45-43(48-46)38-22-10-11-25-41(38)50-45/h1-14,16-30H,15H2. The van der Waals surface area contributed by atoms with E-state index >= 15 is 0 Å². The topological polar surface area (TPSA) is 30.7 Å². The molecule has 0 saturated carbocycles. The molecule has 0 fully saturated rings. The molecule has 0 saturated heterocycles. The van der Waals surface area contributed by atoms with E-state index in [0.29, 0.717) is 5.92 Å². The molecule has 1 aliphatic carbocycles. The molecule has 1 aliphatic rings. The number of nitrogens with zero attached hydrogens (tertiary/aromatic N) is 3. The SMILES string of the molecule is C1=CCC(c2ccc3c(c2)c2cccc(-c4cccc(-c5nc(-c6ccccc6)c6sc7ccccc7c6n5)c4)c2n3-c2ccccc2)C=C1. The lowest BCUT2D eigenvalue weighted by Crippen LogP contribution is -1.97. The molecule has 50 heavy (non-hydrogen) atoms. The van der Waals surface area contributed by atoms with Gasteiger partial charge in [0.1, 0.15) is 0 Å². The zero-order valence-electron chi connectivity index (χ0n) is 27.2. The van der Waals surface area contributed by atoms with Crippen LogP contribution in [0.2, 0.25) is 0 Å². The molecule has 3 nitrogen and oxygen atoms in total. The maximum Gasteiger partial charge on any atom is 0.160 e. The molecule has 3 aromatic heterocycles. The van der Waals surface area contributed by atoms with Crippen LogP contribution in [0.5, 0.6) is 0 Å². The van der Waals surface area contributed by atoms with E-state index < -0.39 is 0 Å². The normalized spacial score (nSPS) is 14.4. The zero-order chi connectivity index (χ0) is 33.0. The van der Waals surface area contributed by atoms with Crippen LogP contribution in [0, 0.1) is 0 Å². The third kappa shape index (κ3) is 4.72. The molecule has 9 aromatic rings. The first kappa shape index (κ1) is 28.9. The van der Waals surface area contributed by atoms with E-state index in [4.69, 9.17) is 9.97 Å². The van der Waals surface area contributed by atoms with Crippen molar-refractivity contribution in [1.82, 2.24) is 14.5 Å². The van der Waals surface area contributed by atoms with Gasteiger partial charge in [-0.25, -0.2) is 9.97 Å². The molecule has 236 valence electrons. The molecule has 0 bridgehead atoms. The minimum atomic E-state index is 0.387. The maximum atomic E-state index is 5.27. The Kier molecular flexibility index (Phi) is 6.81. The second-order valence-corrected chi connectivity index (χ2v) is 14.0. The van der Waals surface area contributed by atoms with Crippen molar-refractivity contribution in [2.24, 2.45) is 0 Å². The van der Waals surface area contributed by atoms with E-state index in [1.54, 1.807) is 11.3 Å². The highest BCUT2D eigenvalue weighted by Gasteiger charge is 2.20. The summed E-state index contributed by atoms with van der Waals surface area (Å²) in [7, 11) is 0. The molecule has 1 unspecified atom stereocenters. The summed E-state index contributed by atoms with van der Waals surface area (Å²) < 4.78 is 4.77. The van der Waals surface area contributed by atoms with Gasteiger partial charge in [-0.1, -0.05) is 133 Å². The van der Waals surface area contributed by atoms with Crippen molar-refractivity contribution in [1.29, 1.82) is 0 Å². The Morgan fingerprint density at radius 1 is 0.600 bits per heavy atom. The van der Waals surface area contributed by atoms with Gasteiger partial charge in [0, 0.05) is 49.2 Å². The van der Waals surface area contributed by atoms with Crippen LogP contribution in [0.3, 0.4) is 0 Å². The van der Waals surface area contributed by atoms with Crippen molar-refractivity contribution in [3.8, 4) is 39.5 Å². The summed E-state index contributed by atoms with van der Waals surface area (Å²) in [4.78, 5) is 10.5. The summed E-state index contributed by atoms with van der Waals surface area (Å²) >= 11 is 1.77. The van der Waals surface area contributed by atoms with Crippen LogP contribution in [0.25, 0.3) is 81.6 Å². The van der Waals surface area contributed by atoms with Crippen LogP contribution in [-0.4, -0.2) is 14.5 Å². The Morgan fingerprint density at radius 3 is 2.22 bits per heavy atom. The molecule has 3 heterocycles. The minimum absolute atomic E-state index is 0.387. The number of hydrogen-bond acceptors (Lipinski definition) is 3. The lowest BCUT2D eigenvalue weighted by Gasteiger charge is -2.14. The molecule has 0 radical (unpaired) electrons. The van der Waals surface area contributed by atoms with Gasteiger partial charge in [0.25, 0.3) is 0 Å². The van der Waals surface area contributed by atoms with Gasteiger partial charge in [0.05, 0.1) is 26.9 Å². The van der Waals surface area contributed by atoms with Crippen LogP contribution in [-0.2, 0) is 0 Å². The first-order valence-corrected chi connectivity index (χ1v) is 17.9.